The van der Waals surface area contributed by atoms with E-state index in [0.29, 0.717) is 0 Å². The monoisotopic (exact) mass is 535 g/mol. The SMILES string of the molecule is CCC1=C2C=C3N=C(C=C4N=C(C=c5[nH]c(c(CC)c5CC)=CC(=C1CC)[NH2+]2)C(CC)=C4CC)C(CC)=C3CC. The summed E-state index contributed by atoms with van der Waals surface area (Å²) in [6.45, 7) is 18.2. The number of nitrogens with zero attached hydrogens (tertiary/aromatic N) is 2. The third kappa shape index (κ3) is 4.60. The summed E-state index contributed by atoms with van der Waals surface area (Å²) in [5, 5.41) is 4.87. The van der Waals surface area contributed by atoms with Crippen LogP contribution in [-0.2, 0) is 12.8 Å². The van der Waals surface area contributed by atoms with Crippen molar-refractivity contribution < 1.29 is 5.32 Å². The van der Waals surface area contributed by atoms with E-state index in [4.69, 9.17) is 9.98 Å². The lowest BCUT2D eigenvalue weighted by Crippen LogP contribution is -2.78. The van der Waals surface area contributed by atoms with Crippen molar-refractivity contribution in [2.75, 3.05) is 0 Å². The second kappa shape index (κ2) is 11.7. The minimum atomic E-state index is 0.970. The zero-order valence-electron chi connectivity index (χ0n) is 25.9. The number of hydrogen-bond acceptors (Lipinski definition) is 2. The van der Waals surface area contributed by atoms with Gasteiger partial charge in [0.25, 0.3) is 0 Å². The lowest BCUT2D eigenvalue weighted by atomic mass is 9.95. The number of hydrogen-bond donors (Lipinski definition) is 2. The second-order valence-corrected chi connectivity index (χ2v) is 11.0. The van der Waals surface area contributed by atoms with E-state index < -0.39 is 0 Å². The Kier molecular flexibility index (Phi) is 8.28. The van der Waals surface area contributed by atoms with Gasteiger partial charge in [0.15, 0.2) is 0 Å². The molecule has 4 aliphatic heterocycles. The molecular formula is C36H47N4+. The fraction of sp³-hybridized carbons (Fsp3) is 0.444. The lowest BCUT2D eigenvalue weighted by molar-refractivity contribution is -0.539. The first kappa shape index (κ1) is 28.3. The van der Waals surface area contributed by atoms with Crippen molar-refractivity contribution in [2.24, 2.45) is 9.98 Å². The summed E-state index contributed by atoms with van der Waals surface area (Å²) in [7, 11) is 0. The molecule has 8 bridgehead atoms. The van der Waals surface area contributed by atoms with Gasteiger partial charge in [0.05, 0.1) is 22.8 Å². The predicted molar refractivity (Wildman–Crippen MR) is 171 cm³/mol. The van der Waals surface area contributed by atoms with Gasteiger partial charge in [-0.25, -0.2) is 9.98 Å². The Morgan fingerprint density at radius 1 is 0.475 bits per heavy atom. The molecule has 0 atom stereocenters. The van der Waals surface area contributed by atoms with Crippen LogP contribution in [0.2, 0.25) is 0 Å². The zero-order valence-corrected chi connectivity index (χ0v) is 25.9. The maximum Gasteiger partial charge on any atom is 0.140 e. The number of allylic oxidation sites excluding steroid dienone is 9. The molecule has 5 heterocycles. The van der Waals surface area contributed by atoms with Crippen molar-refractivity contribution in [3.05, 3.63) is 90.2 Å². The maximum atomic E-state index is 5.30. The number of nitrogens with two attached hydrogens (primary N) is 1. The van der Waals surface area contributed by atoms with Gasteiger partial charge in [-0.2, -0.15) is 0 Å². The highest BCUT2D eigenvalue weighted by Crippen LogP contribution is 2.36. The summed E-state index contributed by atoms with van der Waals surface area (Å²) < 4.78 is 0. The first-order valence-corrected chi connectivity index (χ1v) is 15.8. The van der Waals surface area contributed by atoms with Gasteiger partial charge < -0.3 is 4.98 Å². The van der Waals surface area contributed by atoms with Gasteiger partial charge in [-0.05, 0) is 96.9 Å². The van der Waals surface area contributed by atoms with Crippen molar-refractivity contribution in [1.82, 2.24) is 4.98 Å². The number of aromatic amines is 1. The normalized spacial score (nSPS) is 18.8. The number of aliphatic imine (C=N–C) groups is 2. The molecule has 0 radical (unpaired) electrons. The molecule has 210 valence electrons. The van der Waals surface area contributed by atoms with E-state index in [0.717, 1.165) is 74.2 Å². The van der Waals surface area contributed by atoms with Crippen molar-refractivity contribution in [2.45, 2.75) is 107 Å². The van der Waals surface area contributed by atoms with E-state index in [1.54, 1.807) is 0 Å². The van der Waals surface area contributed by atoms with Crippen molar-refractivity contribution in [3.8, 4) is 0 Å². The van der Waals surface area contributed by atoms with Crippen LogP contribution in [0, 0.1) is 0 Å². The third-order valence-electron chi connectivity index (χ3n) is 9.08. The molecule has 0 spiro atoms. The largest absolute Gasteiger partial charge is 0.355 e. The van der Waals surface area contributed by atoms with Crippen LogP contribution in [0.15, 0.2) is 78.4 Å². The van der Waals surface area contributed by atoms with Crippen LogP contribution in [-0.4, -0.2) is 16.4 Å². The molecule has 0 saturated heterocycles. The molecule has 0 saturated carbocycles. The van der Waals surface area contributed by atoms with Gasteiger partial charge in [-0.3, -0.25) is 5.32 Å². The molecule has 0 amide bonds. The minimum Gasteiger partial charge on any atom is -0.355 e. The average molecular weight is 536 g/mol. The maximum absolute atomic E-state index is 5.30. The smallest absolute Gasteiger partial charge is 0.140 e. The Labute approximate surface area is 240 Å². The van der Waals surface area contributed by atoms with Gasteiger partial charge >= 0.3 is 0 Å². The molecule has 1 aromatic rings. The van der Waals surface area contributed by atoms with E-state index in [1.165, 1.54) is 66.7 Å². The van der Waals surface area contributed by atoms with Crippen LogP contribution in [0.25, 0.3) is 12.2 Å². The number of aromatic nitrogens is 1. The standard InChI is InChI=1S/C36H46N4/c1-9-21-22(10-2)30-18-32-25(13-5)26(14-6)34(39-32)20-36-28(16-8)27(15-7)35(40-36)19-33-24(12-4)23(11-3)31(38-33)17-29(21)37-30/h17-20,37-38H,9-16H2,1-8H3/p+1. The number of rotatable bonds is 8. The van der Waals surface area contributed by atoms with Crippen molar-refractivity contribution in [3.63, 3.8) is 0 Å². The molecule has 5 rings (SSSR count). The minimum absolute atomic E-state index is 0.970. The molecule has 0 unspecified atom stereocenters. The van der Waals surface area contributed by atoms with E-state index in [9.17, 15) is 0 Å². The first-order chi connectivity index (χ1) is 19.5. The topological polar surface area (TPSA) is 57.1 Å². The average Bonchev–Trinajstić information content (AvgIpc) is 3.67. The quantitative estimate of drug-likeness (QED) is 0.380. The van der Waals surface area contributed by atoms with Gasteiger partial charge in [0.2, 0.25) is 0 Å². The lowest BCUT2D eigenvalue weighted by Gasteiger charge is -2.06. The number of H-pyrrole nitrogens is 1. The Hall–Kier alpha value is -3.24. The summed E-state index contributed by atoms with van der Waals surface area (Å²) >= 11 is 0. The van der Waals surface area contributed by atoms with E-state index in [1.807, 2.05) is 0 Å². The van der Waals surface area contributed by atoms with Crippen LogP contribution in [0.3, 0.4) is 0 Å². The highest BCUT2D eigenvalue weighted by molar-refractivity contribution is 6.24. The molecule has 3 N–H and O–H groups in total. The second-order valence-electron chi connectivity index (χ2n) is 11.0. The zero-order chi connectivity index (χ0) is 28.6. The van der Waals surface area contributed by atoms with Crippen LogP contribution in [0.1, 0.15) is 105 Å². The van der Waals surface area contributed by atoms with Crippen molar-refractivity contribution in [1.29, 1.82) is 0 Å². The molecule has 0 fully saturated rings. The highest BCUT2D eigenvalue weighted by Gasteiger charge is 2.29. The van der Waals surface area contributed by atoms with Crippen LogP contribution < -0.4 is 16.0 Å². The Bertz CT molecular complexity index is 1620. The van der Waals surface area contributed by atoms with Gasteiger partial charge in [-0.1, -0.05) is 55.4 Å². The Morgan fingerprint density at radius 3 is 1.38 bits per heavy atom. The fourth-order valence-electron chi connectivity index (χ4n) is 7.23. The molecule has 4 nitrogen and oxygen atoms in total. The number of nitrogens with one attached hydrogen (secondary N) is 1. The molecular weight excluding hydrogens is 488 g/mol. The third-order valence-corrected chi connectivity index (χ3v) is 9.08. The molecule has 0 aliphatic carbocycles. The molecule has 40 heavy (non-hydrogen) atoms. The number of fused-ring (bicyclic) bond motifs is 6. The van der Waals surface area contributed by atoms with E-state index in [2.05, 4.69) is 90.0 Å². The van der Waals surface area contributed by atoms with Gasteiger partial charge in [0, 0.05) is 34.0 Å². The van der Waals surface area contributed by atoms with Crippen LogP contribution >= 0.6 is 0 Å². The summed E-state index contributed by atoms with van der Waals surface area (Å²) in [6, 6.07) is 0. The van der Waals surface area contributed by atoms with Gasteiger partial charge in [-0.15, -0.1) is 0 Å². The van der Waals surface area contributed by atoms with E-state index >= 15 is 0 Å². The summed E-state index contributed by atoms with van der Waals surface area (Å²) in [5.74, 6) is 0. The fourth-order valence-corrected chi connectivity index (χ4v) is 7.23. The summed E-state index contributed by atoms with van der Waals surface area (Å²) in [5.41, 5.74) is 18.3. The first-order valence-electron chi connectivity index (χ1n) is 15.8. The molecule has 0 aromatic carbocycles. The molecule has 1 aromatic heterocycles. The predicted octanol–water partition coefficient (Wildman–Crippen LogP) is 6.53. The number of quaternary nitrogens is 1. The Morgan fingerprint density at radius 2 is 0.900 bits per heavy atom. The Balaban J connectivity index is 1.89. The molecule has 4 heteroatoms. The molecule has 4 aliphatic rings. The summed E-state index contributed by atoms with van der Waals surface area (Å²) in [6.07, 6.45) is 17.3. The van der Waals surface area contributed by atoms with Crippen molar-refractivity contribution >= 4 is 23.6 Å². The van der Waals surface area contributed by atoms with Crippen LogP contribution in [0.5, 0.6) is 0 Å². The highest BCUT2D eigenvalue weighted by atomic mass is 14.9. The summed E-state index contributed by atoms with van der Waals surface area (Å²) in [4.78, 5) is 14.4. The van der Waals surface area contributed by atoms with E-state index in [-0.39, 0.29) is 0 Å². The van der Waals surface area contributed by atoms with Gasteiger partial charge in [0.1, 0.15) is 11.4 Å². The van der Waals surface area contributed by atoms with Crippen LogP contribution in [0.4, 0.5) is 0 Å².